The average Bonchev–Trinajstić information content (AvgIpc) is 2.47. The van der Waals surface area contributed by atoms with E-state index >= 15 is 0 Å². The molecule has 0 aliphatic heterocycles. The highest BCUT2D eigenvalue weighted by molar-refractivity contribution is 5.94. The highest BCUT2D eigenvalue weighted by Gasteiger charge is 2.14. The number of carbonyl (C=O) groups excluding carboxylic acids is 1. The van der Waals surface area contributed by atoms with E-state index in [0.29, 0.717) is 5.56 Å². The molecule has 2 aromatic rings. The number of benzene rings is 2. The maximum absolute atomic E-state index is 12.2. The maximum atomic E-state index is 12.2. The van der Waals surface area contributed by atoms with Crippen LogP contribution < -0.4 is 5.32 Å². The Morgan fingerprint density at radius 2 is 1.77 bits per heavy atom. The molecule has 0 radical (unpaired) electrons. The fourth-order valence-corrected chi connectivity index (χ4v) is 2.40. The van der Waals surface area contributed by atoms with Crippen molar-refractivity contribution in [1.82, 2.24) is 5.32 Å². The molecule has 1 unspecified atom stereocenters. The van der Waals surface area contributed by atoms with Crippen LogP contribution in [0.4, 0.5) is 5.69 Å². The van der Waals surface area contributed by atoms with E-state index in [0.717, 1.165) is 11.1 Å². The van der Waals surface area contributed by atoms with Gasteiger partial charge in [0, 0.05) is 17.7 Å². The first-order valence-electron chi connectivity index (χ1n) is 7.01. The molecule has 5 nitrogen and oxygen atoms in total. The lowest BCUT2D eigenvalue weighted by Gasteiger charge is -2.17. The van der Waals surface area contributed by atoms with E-state index in [1.54, 1.807) is 0 Å². The SMILES string of the molecule is Cc1ccc(C(C)NC(=O)c2ccc([N+](=O)[O-])cc2)c(C)c1. The number of nitro groups is 1. The Kier molecular flexibility index (Phi) is 4.56. The van der Waals surface area contributed by atoms with Crippen LogP contribution in [0.3, 0.4) is 0 Å². The third-order valence-corrected chi connectivity index (χ3v) is 3.58. The normalized spacial score (nSPS) is 11.8. The van der Waals surface area contributed by atoms with E-state index in [1.165, 1.54) is 29.8 Å². The van der Waals surface area contributed by atoms with Crippen molar-refractivity contribution in [3.63, 3.8) is 0 Å². The number of hydrogen-bond acceptors (Lipinski definition) is 3. The quantitative estimate of drug-likeness (QED) is 0.691. The summed E-state index contributed by atoms with van der Waals surface area (Å²) in [7, 11) is 0. The third-order valence-electron chi connectivity index (χ3n) is 3.58. The first-order valence-corrected chi connectivity index (χ1v) is 7.01. The van der Waals surface area contributed by atoms with E-state index in [4.69, 9.17) is 0 Å². The Bertz CT molecular complexity index is 708. The molecule has 0 aliphatic rings. The minimum Gasteiger partial charge on any atom is -0.346 e. The summed E-state index contributed by atoms with van der Waals surface area (Å²) < 4.78 is 0. The molecule has 114 valence electrons. The van der Waals surface area contributed by atoms with Crippen molar-refractivity contribution in [3.8, 4) is 0 Å². The Morgan fingerprint density at radius 3 is 2.32 bits per heavy atom. The number of hydrogen-bond donors (Lipinski definition) is 1. The molecule has 0 aliphatic carbocycles. The van der Waals surface area contributed by atoms with Crippen LogP contribution in [0.5, 0.6) is 0 Å². The zero-order valence-corrected chi connectivity index (χ0v) is 12.8. The van der Waals surface area contributed by atoms with Gasteiger partial charge in [-0.1, -0.05) is 23.8 Å². The predicted molar refractivity (Wildman–Crippen MR) is 84.9 cm³/mol. The number of carbonyl (C=O) groups is 1. The molecule has 0 spiro atoms. The maximum Gasteiger partial charge on any atom is 0.269 e. The van der Waals surface area contributed by atoms with Crippen LogP contribution in [-0.2, 0) is 0 Å². The molecule has 1 atom stereocenters. The van der Waals surface area contributed by atoms with Crippen molar-refractivity contribution in [2.24, 2.45) is 0 Å². The van der Waals surface area contributed by atoms with Crippen molar-refractivity contribution in [3.05, 3.63) is 74.8 Å². The number of nitrogens with one attached hydrogen (secondary N) is 1. The molecular formula is C17H18N2O3. The molecule has 1 N–H and O–H groups in total. The smallest absolute Gasteiger partial charge is 0.269 e. The lowest BCUT2D eigenvalue weighted by atomic mass is 10.00. The van der Waals surface area contributed by atoms with Gasteiger partial charge >= 0.3 is 0 Å². The van der Waals surface area contributed by atoms with Crippen LogP contribution in [0.15, 0.2) is 42.5 Å². The van der Waals surface area contributed by atoms with E-state index in [-0.39, 0.29) is 17.6 Å². The fraction of sp³-hybridized carbons (Fsp3) is 0.235. The van der Waals surface area contributed by atoms with Gasteiger partial charge in [0.1, 0.15) is 0 Å². The number of amides is 1. The van der Waals surface area contributed by atoms with Gasteiger partial charge in [0.15, 0.2) is 0 Å². The summed E-state index contributed by atoms with van der Waals surface area (Å²) >= 11 is 0. The van der Waals surface area contributed by atoms with Gasteiger partial charge in [-0.05, 0) is 44.0 Å². The first-order chi connectivity index (χ1) is 10.4. The Balaban J connectivity index is 2.12. The molecular weight excluding hydrogens is 280 g/mol. The lowest BCUT2D eigenvalue weighted by Crippen LogP contribution is -2.27. The van der Waals surface area contributed by atoms with E-state index in [1.807, 2.05) is 32.9 Å². The summed E-state index contributed by atoms with van der Waals surface area (Å²) in [5.41, 5.74) is 3.73. The summed E-state index contributed by atoms with van der Waals surface area (Å²) in [5.74, 6) is -0.248. The molecule has 0 aromatic heterocycles. The minimum atomic E-state index is -0.486. The van der Waals surface area contributed by atoms with Crippen LogP contribution in [0.2, 0.25) is 0 Å². The van der Waals surface area contributed by atoms with Gasteiger partial charge in [-0.15, -0.1) is 0 Å². The largest absolute Gasteiger partial charge is 0.346 e. The lowest BCUT2D eigenvalue weighted by molar-refractivity contribution is -0.384. The van der Waals surface area contributed by atoms with Crippen molar-refractivity contribution in [2.45, 2.75) is 26.8 Å². The van der Waals surface area contributed by atoms with E-state index in [9.17, 15) is 14.9 Å². The van der Waals surface area contributed by atoms with Crippen molar-refractivity contribution < 1.29 is 9.72 Å². The molecule has 2 rings (SSSR count). The van der Waals surface area contributed by atoms with E-state index < -0.39 is 4.92 Å². The highest BCUT2D eigenvalue weighted by atomic mass is 16.6. The molecule has 5 heteroatoms. The van der Waals surface area contributed by atoms with E-state index in [2.05, 4.69) is 11.4 Å². The number of nitrogens with zero attached hydrogens (tertiary/aromatic N) is 1. The molecule has 0 saturated heterocycles. The van der Waals surface area contributed by atoms with Crippen LogP contribution in [0, 0.1) is 24.0 Å². The number of non-ortho nitro benzene ring substituents is 1. The van der Waals surface area contributed by atoms with Crippen LogP contribution in [0.1, 0.15) is 40.0 Å². The number of aryl methyl sites for hydroxylation is 2. The summed E-state index contributed by atoms with van der Waals surface area (Å²) in [6.45, 7) is 5.95. The Hall–Kier alpha value is -2.69. The summed E-state index contributed by atoms with van der Waals surface area (Å²) in [6.07, 6.45) is 0. The highest BCUT2D eigenvalue weighted by Crippen LogP contribution is 2.19. The second-order valence-electron chi connectivity index (χ2n) is 5.36. The van der Waals surface area contributed by atoms with Gasteiger partial charge in [-0.3, -0.25) is 14.9 Å². The van der Waals surface area contributed by atoms with Gasteiger partial charge in [0.05, 0.1) is 11.0 Å². The van der Waals surface area contributed by atoms with Gasteiger partial charge in [0.25, 0.3) is 11.6 Å². The predicted octanol–water partition coefficient (Wildman–Crippen LogP) is 3.70. The summed E-state index contributed by atoms with van der Waals surface area (Å²) in [6, 6.07) is 11.5. The number of nitro benzene ring substituents is 1. The van der Waals surface area contributed by atoms with Crippen LogP contribution in [0.25, 0.3) is 0 Å². The van der Waals surface area contributed by atoms with Crippen LogP contribution >= 0.6 is 0 Å². The minimum absolute atomic E-state index is 0.0287. The zero-order chi connectivity index (χ0) is 16.3. The molecule has 1 amide bonds. The molecule has 0 saturated carbocycles. The van der Waals surface area contributed by atoms with Gasteiger partial charge in [-0.2, -0.15) is 0 Å². The molecule has 0 fully saturated rings. The Morgan fingerprint density at radius 1 is 1.14 bits per heavy atom. The fourth-order valence-electron chi connectivity index (χ4n) is 2.40. The Labute approximate surface area is 129 Å². The zero-order valence-electron chi connectivity index (χ0n) is 12.8. The molecule has 0 bridgehead atoms. The summed E-state index contributed by atoms with van der Waals surface area (Å²) in [4.78, 5) is 22.3. The van der Waals surface area contributed by atoms with Crippen molar-refractivity contribution in [2.75, 3.05) is 0 Å². The van der Waals surface area contributed by atoms with Crippen LogP contribution in [-0.4, -0.2) is 10.8 Å². The second-order valence-corrected chi connectivity index (χ2v) is 5.36. The molecule has 2 aromatic carbocycles. The molecule has 22 heavy (non-hydrogen) atoms. The molecule has 0 heterocycles. The topological polar surface area (TPSA) is 72.2 Å². The first kappa shape index (κ1) is 15.7. The monoisotopic (exact) mass is 298 g/mol. The van der Waals surface area contributed by atoms with Crippen molar-refractivity contribution in [1.29, 1.82) is 0 Å². The van der Waals surface area contributed by atoms with Gasteiger partial charge in [-0.25, -0.2) is 0 Å². The average molecular weight is 298 g/mol. The summed E-state index contributed by atoms with van der Waals surface area (Å²) in [5, 5.41) is 13.5. The van der Waals surface area contributed by atoms with Gasteiger partial charge in [0.2, 0.25) is 0 Å². The number of rotatable bonds is 4. The van der Waals surface area contributed by atoms with Crippen molar-refractivity contribution >= 4 is 11.6 Å². The standard InChI is InChI=1S/C17H18N2O3/c1-11-4-9-16(12(2)10-11)13(3)18-17(20)14-5-7-15(8-6-14)19(21)22/h4-10,13H,1-3H3,(H,18,20). The van der Waals surface area contributed by atoms with Gasteiger partial charge < -0.3 is 5.32 Å². The second kappa shape index (κ2) is 6.39. The third kappa shape index (κ3) is 3.49.